The van der Waals surface area contributed by atoms with Crippen molar-refractivity contribution in [2.24, 2.45) is 0 Å². The molecule has 0 unspecified atom stereocenters. The Morgan fingerprint density at radius 2 is 2.11 bits per heavy atom. The molecule has 1 aromatic carbocycles. The van der Waals surface area contributed by atoms with Crippen molar-refractivity contribution >= 4 is 27.8 Å². The lowest BCUT2D eigenvalue weighted by atomic mass is 10.2. The van der Waals surface area contributed by atoms with Crippen LogP contribution < -0.4 is 10.1 Å². The summed E-state index contributed by atoms with van der Waals surface area (Å²) in [5.74, 6) is -0.150. The highest BCUT2D eigenvalue weighted by Crippen LogP contribution is 2.25. The van der Waals surface area contributed by atoms with Crippen molar-refractivity contribution in [3.63, 3.8) is 0 Å². The van der Waals surface area contributed by atoms with E-state index in [2.05, 4.69) is 21.2 Å². The van der Waals surface area contributed by atoms with E-state index in [9.17, 15) is 9.59 Å². The lowest BCUT2D eigenvalue weighted by Crippen LogP contribution is -2.26. The molecule has 0 atom stereocenters. The summed E-state index contributed by atoms with van der Waals surface area (Å²) >= 11 is 3.36. The minimum atomic E-state index is -0.518. The number of amides is 1. The first-order valence-corrected chi connectivity index (χ1v) is 6.60. The summed E-state index contributed by atoms with van der Waals surface area (Å²) in [4.78, 5) is 22.6. The largest absolute Gasteiger partial charge is 0.496 e. The van der Waals surface area contributed by atoms with Crippen LogP contribution >= 0.6 is 15.9 Å². The van der Waals surface area contributed by atoms with E-state index in [-0.39, 0.29) is 18.9 Å². The summed E-state index contributed by atoms with van der Waals surface area (Å²) in [5.41, 5.74) is 0.907. The summed E-state index contributed by atoms with van der Waals surface area (Å²) in [5, 5.41) is 2.65. The Kier molecular flexibility index (Phi) is 6.35. The second-order valence-electron chi connectivity index (χ2n) is 3.73. The van der Waals surface area contributed by atoms with Crippen LogP contribution in [-0.2, 0) is 20.9 Å². The zero-order chi connectivity index (χ0) is 14.3. The third-order valence-electron chi connectivity index (χ3n) is 2.32. The highest BCUT2D eigenvalue weighted by Gasteiger charge is 2.10. The molecule has 19 heavy (non-hydrogen) atoms. The SMILES string of the molecule is CCOC(=O)CC(=O)NCc1ccc(OC)c(Br)c1. The normalized spacial score (nSPS) is 9.84. The van der Waals surface area contributed by atoms with Crippen molar-refractivity contribution in [1.29, 1.82) is 0 Å². The summed E-state index contributed by atoms with van der Waals surface area (Å²) in [6, 6.07) is 5.49. The van der Waals surface area contributed by atoms with E-state index in [1.54, 1.807) is 20.1 Å². The number of carbonyl (C=O) groups is 2. The van der Waals surface area contributed by atoms with Crippen molar-refractivity contribution in [2.75, 3.05) is 13.7 Å². The Bertz CT molecular complexity index is 462. The van der Waals surface area contributed by atoms with E-state index in [1.807, 2.05) is 12.1 Å². The number of hydrogen-bond acceptors (Lipinski definition) is 4. The number of methoxy groups -OCH3 is 1. The minimum absolute atomic E-state index is 0.259. The molecule has 0 bridgehead atoms. The topological polar surface area (TPSA) is 64.6 Å². The molecule has 104 valence electrons. The lowest BCUT2D eigenvalue weighted by Gasteiger charge is -2.08. The first-order valence-electron chi connectivity index (χ1n) is 5.81. The molecular weight excluding hydrogens is 314 g/mol. The molecule has 6 heteroatoms. The average Bonchev–Trinajstić information content (AvgIpc) is 2.36. The highest BCUT2D eigenvalue weighted by molar-refractivity contribution is 9.10. The number of halogens is 1. The van der Waals surface area contributed by atoms with Crippen LogP contribution in [0.25, 0.3) is 0 Å². The van der Waals surface area contributed by atoms with E-state index in [0.29, 0.717) is 6.54 Å². The van der Waals surface area contributed by atoms with Crippen molar-refractivity contribution in [3.8, 4) is 5.75 Å². The van der Waals surface area contributed by atoms with Crippen LogP contribution in [-0.4, -0.2) is 25.6 Å². The van der Waals surface area contributed by atoms with Crippen molar-refractivity contribution in [1.82, 2.24) is 5.32 Å². The van der Waals surface area contributed by atoms with Gasteiger partial charge in [0.05, 0.1) is 18.2 Å². The van der Waals surface area contributed by atoms with Gasteiger partial charge in [0.1, 0.15) is 12.2 Å². The second kappa shape index (κ2) is 7.78. The molecule has 0 aromatic heterocycles. The third-order valence-corrected chi connectivity index (χ3v) is 2.94. The number of nitrogens with one attached hydrogen (secondary N) is 1. The Morgan fingerprint density at radius 1 is 1.37 bits per heavy atom. The van der Waals surface area contributed by atoms with Gasteiger partial charge in [0.2, 0.25) is 5.91 Å². The number of rotatable bonds is 6. The number of hydrogen-bond donors (Lipinski definition) is 1. The maximum Gasteiger partial charge on any atom is 0.315 e. The smallest absolute Gasteiger partial charge is 0.315 e. The monoisotopic (exact) mass is 329 g/mol. The van der Waals surface area contributed by atoms with Crippen LogP contribution in [0.2, 0.25) is 0 Å². The standard InChI is InChI=1S/C13H16BrNO4/c1-3-19-13(17)7-12(16)15-8-9-4-5-11(18-2)10(14)6-9/h4-6H,3,7-8H2,1-2H3,(H,15,16). The van der Waals surface area contributed by atoms with Gasteiger partial charge in [-0.3, -0.25) is 9.59 Å². The van der Waals surface area contributed by atoms with Crippen LogP contribution in [0.5, 0.6) is 5.75 Å². The quantitative estimate of drug-likeness (QED) is 0.640. The Morgan fingerprint density at radius 3 is 2.68 bits per heavy atom. The predicted octanol–water partition coefficient (Wildman–Crippen LogP) is 2.03. The zero-order valence-electron chi connectivity index (χ0n) is 10.9. The van der Waals surface area contributed by atoms with Crippen LogP contribution in [0.4, 0.5) is 0 Å². The first-order chi connectivity index (χ1) is 9.06. The van der Waals surface area contributed by atoms with Crippen LogP contribution in [0.1, 0.15) is 18.9 Å². The minimum Gasteiger partial charge on any atom is -0.496 e. The Labute approximate surface area is 120 Å². The number of esters is 1. The summed E-state index contributed by atoms with van der Waals surface area (Å²) in [7, 11) is 1.58. The Hall–Kier alpha value is -1.56. The van der Waals surface area contributed by atoms with Crippen molar-refractivity contribution in [2.45, 2.75) is 19.9 Å². The molecule has 0 aliphatic heterocycles. The van der Waals surface area contributed by atoms with Crippen LogP contribution in [0.3, 0.4) is 0 Å². The average molecular weight is 330 g/mol. The van der Waals surface area contributed by atoms with Gasteiger partial charge in [0, 0.05) is 6.54 Å². The molecule has 0 spiro atoms. The van der Waals surface area contributed by atoms with Gasteiger partial charge < -0.3 is 14.8 Å². The molecule has 1 amide bonds. The van der Waals surface area contributed by atoms with E-state index in [1.165, 1.54) is 0 Å². The van der Waals surface area contributed by atoms with Gasteiger partial charge in [-0.25, -0.2) is 0 Å². The molecule has 0 radical (unpaired) electrons. The molecule has 0 aliphatic rings. The second-order valence-corrected chi connectivity index (χ2v) is 4.58. The molecule has 1 aromatic rings. The van der Waals surface area contributed by atoms with Gasteiger partial charge in [-0.2, -0.15) is 0 Å². The van der Waals surface area contributed by atoms with Gasteiger partial charge in [0.15, 0.2) is 0 Å². The van der Waals surface area contributed by atoms with Gasteiger partial charge >= 0.3 is 5.97 Å². The molecule has 0 saturated carbocycles. The summed E-state index contributed by atoms with van der Waals surface area (Å²) in [6.45, 7) is 2.32. The molecule has 0 heterocycles. The molecule has 1 rings (SSSR count). The molecule has 0 saturated heterocycles. The number of ether oxygens (including phenoxy) is 2. The van der Waals surface area contributed by atoms with E-state index in [4.69, 9.17) is 9.47 Å². The first kappa shape index (κ1) is 15.5. The fourth-order valence-corrected chi connectivity index (χ4v) is 2.01. The highest BCUT2D eigenvalue weighted by atomic mass is 79.9. The van der Waals surface area contributed by atoms with E-state index in [0.717, 1.165) is 15.8 Å². The Balaban J connectivity index is 2.46. The zero-order valence-corrected chi connectivity index (χ0v) is 12.5. The summed E-state index contributed by atoms with van der Waals surface area (Å²) < 4.78 is 10.6. The molecule has 0 fully saturated rings. The van der Waals surface area contributed by atoms with E-state index >= 15 is 0 Å². The van der Waals surface area contributed by atoms with E-state index < -0.39 is 5.97 Å². The number of benzene rings is 1. The number of carbonyl (C=O) groups excluding carboxylic acids is 2. The maximum absolute atomic E-state index is 11.5. The molecule has 1 N–H and O–H groups in total. The summed E-state index contributed by atoms with van der Waals surface area (Å²) in [6.07, 6.45) is -0.259. The third kappa shape index (κ3) is 5.30. The maximum atomic E-state index is 11.5. The van der Waals surface area contributed by atoms with Crippen molar-refractivity contribution < 1.29 is 19.1 Å². The predicted molar refractivity (Wildman–Crippen MR) is 73.8 cm³/mol. The molecule has 0 aliphatic carbocycles. The fourth-order valence-electron chi connectivity index (χ4n) is 1.43. The molecular formula is C13H16BrNO4. The lowest BCUT2D eigenvalue weighted by molar-refractivity contribution is -0.146. The van der Waals surface area contributed by atoms with Crippen molar-refractivity contribution in [3.05, 3.63) is 28.2 Å². The molecule has 5 nitrogen and oxygen atoms in total. The van der Waals surface area contributed by atoms with Crippen LogP contribution in [0.15, 0.2) is 22.7 Å². The fraction of sp³-hybridized carbons (Fsp3) is 0.385. The van der Waals surface area contributed by atoms with Gasteiger partial charge in [-0.15, -0.1) is 0 Å². The van der Waals surface area contributed by atoms with Gasteiger partial charge in [-0.05, 0) is 40.5 Å². The van der Waals surface area contributed by atoms with Crippen LogP contribution in [0, 0.1) is 0 Å². The van der Waals surface area contributed by atoms with Gasteiger partial charge in [0.25, 0.3) is 0 Å². The van der Waals surface area contributed by atoms with Gasteiger partial charge in [-0.1, -0.05) is 6.07 Å².